The number of amides is 1. The molecular weight excluding hydrogens is 254 g/mol. The Hall–Kier alpha value is -2.28. The van der Waals surface area contributed by atoms with Crippen molar-refractivity contribution in [2.75, 3.05) is 13.1 Å². The van der Waals surface area contributed by atoms with E-state index < -0.39 is 11.4 Å². The Balaban J connectivity index is 3.02. The number of terminal acetylenes is 1. The zero-order valence-electron chi connectivity index (χ0n) is 11.8. The van der Waals surface area contributed by atoms with Gasteiger partial charge in [0.2, 0.25) is 5.91 Å². The Bertz CT molecular complexity index is 518. The lowest BCUT2D eigenvalue weighted by Crippen LogP contribution is -2.41. The summed E-state index contributed by atoms with van der Waals surface area (Å²) in [6, 6.07) is 8.78. The van der Waals surface area contributed by atoms with Crippen LogP contribution in [0.5, 0.6) is 0 Å². The van der Waals surface area contributed by atoms with Gasteiger partial charge in [-0.3, -0.25) is 9.59 Å². The van der Waals surface area contributed by atoms with Gasteiger partial charge in [0.1, 0.15) is 0 Å². The summed E-state index contributed by atoms with van der Waals surface area (Å²) in [5.41, 5.74) is -0.641. The lowest BCUT2D eigenvalue weighted by Gasteiger charge is -2.28. The van der Waals surface area contributed by atoms with Crippen molar-refractivity contribution in [1.29, 1.82) is 0 Å². The van der Waals surface area contributed by atoms with E-state index in [9.17, 15) is 14.7 Å². The second-order valence-corrected chi connectivity index (χ2v) is 4.79. The number of carbonyl (C=O) groups is 2. The highest BCUT2D eigenvalue weighted by atomic mass is 16.4. The van der Waals surface area contributed by atoms with Crippen LogP contribution in [-0.4, -0.2) is 35.0 Å². The Morgan fingerprint density at radius 1 is 1.35 bits per heavy atom. The van der Waals surface area contributed by atoms with Crippen LogP contribution in [0.4, 0.5) is 0 Å². The first kappa shape index (κ1) is 15.8. The molecule has 1 amide bonds. The molecule has 0 aliphatic carbocycles. The fourth-order valence-electron chi connectivity index (χ4n) is 2.01. The molecular formula is C16H19NO3. The van der Waals surface area contributed by atoms with Gasteiger partial charge >= 0.3 is 5.97 Å². The van der Waals surface area contributed by atoms with E-state index in [1.54, 1.807) is 31.2 Å². The molecule has 0 aliphatic heterocycles. The Kier molecular flexibility index (Phi) is 5.33. The van der Waals surface area contributed by atoms with Gasteiger partial charge in [-0.05, 0) is 19.4 Å². The topological polar surface area (TPSA) is 57.6 Å². The maximum atomic E-state index is 12.2. The summed E-state index contributed by atoms with van der Waals surface area (Å²) in [7, 11) is 0. The van der Waals surface area contributed by atoms with E-state index in [1.807, 2.05) is 13.0 Å². The quantitative estimate of drug-likeness (QED) is 0.805. The number of hydrogen-bond acceptors (Lipinski definition) is 2. The van der Waals surface area contributed by atoms with Crippen molar-refractivity contribution in [3.63, 3.8) is 0 Å². The van der Waals surface area contributed by atoms with Crippen molar-refractivity contribution in [1.82, 2.24) is 4.90 Å². The van der Waals surface area contributed by atoms with E-state index in [1.165, 1.54) is 4.90 Å². The molecule has 0 aromatic heterocycles. The highest BCUT2D eigenvalue weighted by molar-refractivity contribution is 5.89. The zero-order chi connectivity index (χ0) is 15.2. The molecule has 4 heteroatoms. The van der Waals surface area contributed by atoms with E-state index in [4.69, 9.17) is 6.42 Å². The first-order valence-corrected chi connectivity index (χ1v) is 6.46. The normalized spacial score (nSPS) is 13.1. The van der Waals surface area contributed by atoms with Crippen molar-refractivity contribution >= 4 is 11.9 Å². The molecule has 20 heavy (non-hydrogen) atoms. The van der Waals surface area contributed by atoms with Crippen LogP contribution in [0, 0.1) is 12.3 Å². The molecule has 0 saturated heterocycles. The second-order valence-electron chi connectivity index (χ2n) is 4.79. The van der Waals surface area contributed by atoms with Gasteiger partial charge in [-0.1, -0.05) is 36.3 Å². The smallest absolute Gasteiger partial charge is 0.314 e. The molecule has 1 N–H and O–H groups in total. The summed E-state index contributed by atoms with van der Waals surface area (Å²) in [5, 5.41) is 9.51. The molecule has 1 unspecified atom stereocenters. The van der Waals surface area contributed by atoms with Gasteiger partial charge in [0, 0.05) is 13.0 Å². The molecule has 1 atom stereocenters. The highest BCUT2D eigenvalue weighted by Gasteiger charge is 2.38. The number of hydrogen-bond donors (Lipinski definition) is 1. The fraction of sp³-hybridized carbons (Fsp3) is 0.375. The van der Waals surface area contributed by atoms with Gasteiger partial charge in [0.25, 0.3) is 0 Å². The number of carboxylic acids is 1. The van der Waals surface area contributed by atoms with Crippen LogP contribution in [0.15, 0.2) is 30.3 Å². The van der Waals surface area contributed by atoms with Gasteiger partial charge in [-0.25, -0.2) is 0 Å². The molecule has 0 aliphatic rings. The minimum absolute atomic E-state index is 0.109. The van der Waals surface area contributed by atoms with E-state index >= 15 is 0 Å². The molecule has 0 saturated carbocycles. The van der Waals surface area contributed by atoms with Gasteiger partial charge in [-0.15, -0.1) is 6.42 Å². The van der Waals surface area contributed by atoms with Crippen LogP contribution in [0.2, 0.25) is 0 Å². The van der Waals surface area contributed by atoms with Crippen LogP contribution in [0.3, 0.4) is 0 Å². The third kappa shape index (κ3) is 3.39. The van der Waals surface area contributed by atoms with Gasteiger partial charge < -0.3 is 10.0 Å². The largest absolute Gasteiger partial charge is 0.481 e. The predicted molar refractivity (Wildman–Crippen MR) is 77.1 cm³/mol. The van der Waals surface area contributed by atoms with Crippen LogP contribution >= 0.6 is 0 Å². The highest BCUT2D eigenvalue weighted by Crippen LogP contribution is 2.28. The Labute approximate surface area is 119 Å². The third-order valence-corrected chi connectivity index (χ3v) is 3.40. The molecule has 0 heterocycles. The molecule has 0 fully saturated rings. The number of benzene rings is 1. The van der Waals surface area contributed by atoms with Crippen molar-refractivity contribution < 1.29 is 14.7 Å². The molecule has 0 radical (unpaired) electrons. The molecule has 1 aromatic carbocycles. The van der Waals surface area contributed by atoms with Crippen molar-refractivity contribution in [3.05, 3.63) is 35.9 Å². The molecule has 0 spiro atoms. The SMILES string of the molecule is C#CCN(CC)C(=O)CC(C)(C(=O)O)c1ccccc1. The number of nitrogens with zero attached hydrogens (tertiary/aromatic N) is 1. The van der Waals surface area contributed by atoms with E-state index in [0.717, 1.165) is 0 Å². The van der Waals surface area contributed by atoms with Crippen LogP contribution in [0.25, 0.3) is 0 Å². The molecule has 106 valence electrons. The number of rotatable bonds is 6. The second kappa shape index (κ2) is 6.76. The lowest BCUT2D eigenvalue weighted by atomic mass is 9.79. The summed E-state index contributed by atoms with van der Waals surface area (Å²) in [6.07, 6.45) is 5.11. The number of carboxylic acid groups (broad SMARTS) is 1. The average molecular weight is 273 g/mol. The molecule has 1 aromatic rings. The Morgan fingerprint density at radius 3 is 2.40 bits per heavy atom. The van der Waals surface area contributed by atoms with Gasteiger partial charge in [0.15, 0.2) is 0 Å². The Morgan fingerprint density at radius 2 is 1.95 bits per heavy atom. The first-order valence-electron chi connectivity index (χ1n) is 6.46. The molecule has 1 rings (SSSR count). The van der Waals surface area contributed by atoms with Gasteiger partial charge in [-0.2, -0.15) is 0 Å². The minimum atomic E-state index is -1.25. The summed E-state index contributed by atoms with van der Waals surface area (Å²) in [4.78, 5) is 25.3. The standard InChI is InChI=1S/C16H19NO3/c1-4-11-17(5-2)14(18)12-16(3,15(19)20)13-9-7-6-8-10-13/h1,6-10H,5,11-12H2,2-3H3,(H,19,20). The van der Waals surface area contributed by atoms with Crippen LogP contribution in [-0.2, 0) is 15.0 Å². The van der Waals surface area contributed by atoms with Crippen molar-refractivity contribution in [2.24, 2.45) is 0 Å². The minimum Gasteiger partial charge on any atom is -0.481 e. The first-order chi connectivity index (χ1) is 9.45. The van der Waals surface area contributed by atoms with Crippen LogP contribution < -0.4 is 0 Å². The van der Waals surface area contributed by atoms with Crippen LogP contribution in [0.1, 0.15) is 25.8 Å². The van der Waals surface area contributed by atoms with Crippen molar-refractivity contribution in [3.8, 4) is 12.3 Å². The zero-order valence-corrected chi connectivity index (χ0v) is 11.8. The summed E-state index contributed by atoms with van der Waals surface area (Å²) in [5.74, 6) is 1.14. The van der Waals surface area contributed by atoms with E-state index in [2.05, 4.69) is 5.92 Å². The monoisotopic (exact) mass is 273 g/mol. The number of carbonyl (C=O) groups excluding carboxylic acids is 1. The summed E-state index contributed by atoms with van der Waals surface area (Å²) >= 11 is 0. The van der Waals surface area contributed by atoms with E-state index in [-0.39, 0.29) is 18.9 Å². The maximum Gasteiger partial charge on any atom is 0.314 e. The maximum absolute atomic E-state index is 12.2. The lowest BCUT2D eigenvalue weighted by molar-refractivity contribution is -0.147. The van der Waals surface area contributed by atoms with Crippen molar-refractivity contribution in [2.45, 2.75) is 25.7 Å². The summed E-state index contributed by atoms with van der Waals surface area (Å²) < 4.78 is 0. The predicted octanol–water partition coefficient (Wildman–Crippen LogP) is 1.90. The molecule has 0 bridgehead atoms. The third-order valence-electron chi connectivity index (χ3n) is 3.40. The van der Waals surface area contributed by atoms with E-state index in [0.29, 0.717) is 12.1 Å². The summed E-state index contributed by atoms with van der Waals surface area (Å²) in [6.45, 7) is 4.04. The molecule has 4 nitrogen and oxygen atoms in total. The fourth-order valence-corrected chi connectivity index (χ4v) is 2.01. The average Bonchev–Trinajstić information content (AvgIpc) is 2.45. The number of aliphatic carboxylic acids is 1. The van der Waals surface area contributed by atoms with Gasteiger partial charge in [0.05, 0.1) is 12.0 Å².